The molecule has 1 amide bonds. The first-order valence-corrected chi connectivity index (χ1v) is 31.6. The van der Waals surface area contributed by atoms with Crippen LogP contribution in [0.3, 0.4) is 0 Å². The molecule has 0 aromatic rings. The summed E-state index contributed by atoms with van der Waals surface area (Å²) in [5.74, 6) is -0.201. The van der Waals surface area contributed by atoms with Gasteiger partial charge < -0.3 is 40.3 Å². The number of nitrogens with one attached hydrogen (secondary N) is 1. The first-order chi connectivity index (χ1) is 38.8. The predicted molar refractivity (Wildman–Crippen MR) is 336 cm³/mol. The Hall–Kier alpha value is -3.93. The normalized spacial score (nSPS) is 19.6. The van der Waals surface area contributed by atoms with Gasteiger partial charge in [-0.05, 0) is 109 Å². The molecule has 9 heteroatoms. The zero-order chi connectivity index (χ0) is 57.2. The molecule has 1 aliphatic heterocycles. The van der Waals surface area contributed by atoms with Gasteiger partial charge in [0.1, 0.15) is 24.4 Å². The van der Waals surface area contributed by atoms with E-state index in [-0.39, 0.29) is 12.5 Å². The van der Waals surface area contributed by atoms with Crippen LogP contribution in [0.2, 0.25) is 0 Å². The van der Waals surface area contributed by atoms with Crippen LogP contribution in [0.4, 0.5) is 0 Å². The van der Waals surface area contributed by atoms with Gasteiger partial charge in [0.25, 0.3) is 0 Å². The number of aliphatic hydroxyl groups excluding tert-OH is 5. The Bertz CT molecular complexity index is 1750. The number of unbranched alkanes of at least 4 members (excludes halogenated alkanes) is 20. The van der Waals surface area contributed by atoms with Crippen molar-refractivity contribution in [3.8, 4) is 0 Å². The zero-order valence-corrected chi connectivity index (χ0v) is 49.8. The van der Waals surface area contributed by atoms with Gasteiger partial charge in [0.2, 0.25) is 5.91 Å². The first-order valence-electron chi connectivity index (χ1n) is 31.6. The van der Waals surface area contributed by atoms with E-state index < -0.39 is 49.5 Å². The van der Waals surface area contributed by atoms with E-state index in [4.69, 9.17) is 9.47 Å². The van der Waals surface area contributed by atoms with E-state index in [0.29, 0.717) is 6.42 Å². The summed E-state index contributed by atoms with van der Waals surface area (Å²) in [7, 11) is 0. The number of aliphatic hydroxyl groups is 5. The van der Waals surface area contributed by atoms with Crippen LogP contribution in [0.1, 0.15) is 232 Å². The molecule has 7 unspecified atom stereocenters. The van der Waals surface area contributed by atoms with Crippen molar-refractivity contribution in [1.29, 1.82) is 0 Å². The third-order valence-electron chi connectivity index (χ3n) is 13.9. The van der Waals surface area contributed by atoms with Crippen molar-refractivity contribution in [2.24, 2.45) is 0 Å². The Kier molecular flexibility index (Phi) is 53.0. The zero-order valence-electron chi connectivity index (χ0n) is 49.8. The maximum absolute atomic E-state index is 13.1. The van der Waals surface area contributed by atoms with E-state index in [1.807, 2.05) is 6.08 Å². The number of carbonyl (C=O) groups is 1. The third kappa shape index (κ3) is 46.4. The van der Waals surface area contributed by atoms with Crippen molar-refractivity contribution in [3.63, 3.8) is 0 Å². The van der Waals surface area contributed by atoms with Crippen molar-refractivity contribution >= 4 is 5.91 Å². The average molecular weight is 1100 g/mol. The summed E-state index contributed by atoms with van der Waals surface area (Å²) in [5, 5.41) is 54.5. The highest BCUT2D eigenvalue weighted by Gasteiger charge is 2.44. The lowest BCUT2D eigenvalue weighted by Gasteiger charge is -2.40. The predicted octanol–water partition coefficient (Wildman–Crippen LogP) is 16.6. The molecule has 6 N–H and O–H groups in total. The summed E-state index contributed by atoms with van der Waals surface area (Å²) in [6.45, 7) is 3.64. The number of rotatable bonds is 52. The largest absolute Gasteiger partial charge is 0.394 e. The van der Waals surface area contributed by atoms with Crippen molar-refractivity contribution in [3.05, 3.63) is 146 Å². The quantitative estimate of drug-likeness (QED) is 0.0261. The molecule has 0 aromatic heterocycles. The average Bonchev–Trinajstić information content (AvgIpc) is 3.48. The number of hydrogen-bond acceptors (Lipinski definition) is 8. The Morgan fingerprint density at radius 1 is 0.443 bits per heavy atom. The van der Waals surface area contributed by atoms with Gasteiger partial charge in [0, 0.05) is 6.42 Å². The van der Waals surface area contributed by atoms with Crippen LogP contribution < -0.4 is 5.32 Å². The molecule has 0 radical (unpaired) electrons. The minimum atomic E-state index is -1.58. The number of ether oxygens (including phenoxy) is 2. The van der Waals surface area contributed by atoms with Crippen LogP contribution >= 0.6 is 0 Å². The minimum absolute atomic E-state index is 0.201. The molecule has 0 aromatic carbocycles. The lowest BCUT2D eigenvalue weighted by atomic mass is 9.99. The summed E-state index contributed by atoms with van der Waals surface area (Å²) < 4.78 is 11.3. The highest BCUT2D eigenvalue weighted by atomic mass is 16.7. The molecule has 0 saturated carbocycles. The van der Waals surface area contributed by atoms with Crippen LogP contribution in [0.15, 0.2) is 146 Å². The minimum Gasteiger partial charge on any atom is -0.394 e. The van der Waals surface area contributed by atoms with Crippen LogP contribution in [-0.4, -0.2) is 87.5 Å². The molecule has 1 rings (SSSR count). The fourth-order valence-corrected chi connectivity index (χ4v) is 8.96. The van der Waals surface area contributed by atoms with Gasteiger partial charge in [-0.2, -0.15) is 0 Å². The monoisotopic (exact) mass is 1100 g/mol. The highest BCUT2D eigenvalue weighted by Crippen LogP contribution is 2.23. The third-order valence-corrected chi connectivity index (χ3v) is 13.9. The van der Waals surface area contributed by atoms with E-state index >= 15 is 0 Å². The van der Waals surface area contributed by atoms with Gasteiger partial charge in [0.05, 0.1) is 25.4 Å². The topological polar surface area (TPSA) is 149 Å². The Morgan fingerprint density at radius 2 is 0.797 bits per heavy atom. The van der Waals surface area contributed by atoms with E-state index in [0.717, 1.165) is 116 Å². The Balaban J connectivity index is 2.19. The molecule has 1 fully saturated rings. The molecule has 0 spiro atoms. The molecule has 79 heavy (non-hydrogen) atoms. The van der Waals surface area contributed by atoms with Gasteiger partial charge in [-0.15, -0.1) is 0 Å². The number of hydrogen-bond donors (Lipinski definition) is 6. The van der Waals surface area contributed by atoms with Gasteiger partial charge in [-0.3, -0.25) is 4.79 Å². The SMILES string of the molecule is CC/C=C\C/C=C\C/C=C\C/C=C\C/C=C\C/C=C\C/C=C\C/C=C\C/C=C\C/C=C\CCCCCCCCCCC(=O)NC(COC1OC(CO)C(O)C(O)C1O)C(O)/C=C/CC/C=C/CCCCCCCCCCCCC. The van der Waals surface area contributed by atoms with Crippen LogP contribution in [-0.2, 0) is 14.3 Å². The molecule has 1 aliphatic rings. The Labute approximate surface area is 483 Å². The van der Waals surface area contributed by atoms with E-state index in [1.54, 1.807) is 6.08 Å². The second kappa shape index (κ2) is 57.3. The molecular formula is C70H115NO8. The van der Waals surface area contributed by atoms with Gasteiger partial charge in [-0.25, -0.2) is 0 Å². The van der Waals surface area contributed by atoms with Crippen LogP contribution in [0.25, 0.3) is 0 Å². The summed E-state index contributed by atoms with van der Waals surface area (Å²) in [5.41, 5.74) is 0. The maximum atomic E-state index is 13.1. The number of amides is 1. The van der Waals surface area contributed by atoms with Crippen molar-refractivity contribution in [2.45, 2.75) is 275 Å². The Morgan fingerprint density at radius 3 is 1.22 bits per heavy atom. The molecule has 7 atom stereocenters. The van der Waals surface area contributed by atoms with Gasteiger partial charge in [0.15, 0.2) is 6.29 Å². The molecule has 1 heterocycles. The van der Waals surface area contributed by atoms with Gasteiger partial charge >= 0.3 is 0 Å². The summed E-state index contributed by atoms with van der Waals surface area (Å²) in [6.07, 6.45) is 82.1. The van der Waals surface area contributed by atoms with Crippen molar-refractivity contribution in [1.82, 2.24) is 5.32 Å². The second-order valence-corrected chi connectivity index (χ2v) is 21.1. The van der Waals surface area contributed by atoms with Gasteiger partial charge in [-0.1, -0.05) is 262 Å². The standard InChI is InChI=1S/C70H115NO8/c1-3-5-7-9-11-13-15-17-19-21-22-23-24-25-26-27-28-29-30-31-32-33-34-35-36-37-38-39-40-41-42-44-46-48-50-52-54-56-58-60-66(74)71-63(62-78-70-69(77)68(76)67(75)65(61-72)79-70)64(73)59-57-55-53-51-49-47-45-43-20-18-16-14-12-10-8-6-4-2/h5,7,11,13,17,19,22-23,25-26,28-29,31-32,34-35,37-38,40-41,49,51,57,59,63-65,67-70,72-73,75-77H,3-4,6,8-10,12,14-16,18,20-21,24,27,30,33,36,39,42-48,50,52-56,58,60-62H2,1-2H3,(H,71,74)/b7-5-,13-11-,19-17-,23-22-,26-25-,29-28-,32-31-,35-34-,38-37-,41-40-,51-49+,59-57+. The lowest BCUT2D eigenvalue weighted by molar-refractivity contribution is -0.302. The molecule has 0 bridgehead atoms. The molecule has 448 valence electrons. The number of carbonyl (C=O) groups excluding carboxylic acids is 1. The van der Waals surface area contributed by atoms with E-state index in [2.05, 4.69) is 153 Å². The number of allylic oxidation sites excluding steroid dienone is 23. The van der Waals surface area contributed by atoms with Crippen LogP contribution in [0, 0.1) is 0 Å². The fourth-order valence-electron chi connectivity index (χ4n) is 8.96. The molecular weight excluding hydrogens is 983 g/mol. The maximum Gasteiger partial charge on any atom is 0.220 e. The molecule has 1 saturated heterocycles. The first kappa shape index (κ1) is 73.1. The van der Waals surface area contributed by atoms with Crippen molar-refractivity contribution < 1.29 is 39.8 Å². The summed E-state index contributed by atoms with van der Waals surface area (Å²) in [4.78, 5) is 13.1. The lowest BCUT2D eigenvalue weighted by Crippen LogP contribution is -2.60. The highest BCUT2D eigenvalue weighted by molar-refractivity contribution is 5.76. The van der Waals surface area contributed by atoms with Crippen LogP contribution in [0.5, 0.6) is 0 Å². The smallest absolute Gasteiger partial charge is 0.220 e. The van der Waals surface area contributed by atoms with E-state index in [9.17, 15) is 30.3 Å². The van der Waals surface area contributed by atoms with E-state index in [1.165, 1.54) is 96.3 Å². The summed E-state index contributed by atoms with van der Waals surface area (Å²) >= 11 is 0. The summed E-state index contributed by atoms with van der Waals surface area (Å²) in [6, 6.07) is -0.837. The van der Waals surface area contributed by atoms with Crippen molar-refractivity contribution in [2.75, 3.05) is 13.2 Å². The fraction of sp³-hybridized carbons (Fsp3) is 0.643. The second-order valence-electron chi connectivity index (χ2n) is 21.1. The molecule has 9 nitrogen and oxygen atoms in total. The molecule has 0 aliphatic carbocycles.